The second kappa shape index (κ2) is 10.6. The van der Waals surface area contributed by atoms with Gasteiger partial charge in [-0.25, -0.2) is 0 Å². The standard InChI is InChI=1S/C29H33N5O3/c1-30-29(36)25-19-28(35)34(27-18-23(37-3)7-8-24(25)27)16-15-33-13-10-21(11-14-33)32(2)22-6-9-26-20(17-22)5-4-12-31-26/h4-9,12,17-19,21H,10-11,13-16H2,1-3H3,(H,30,36). The number of pyridine rings is 2. The van der Waals surface area contributed by atoms with Crippen molar-refractivity contribution in [2.45, 2.75) is 25.4 Å². The molecule has 192 valence electrons. The molecule has 1 aliphatic heterocycles. The average Bonchev–Trinajstić information content (AvgIpc) is 2.95. The van der Waals surface area contributed by atoms with Crippen LogP contribution in [0.4, 0.5) is 5.69 Å². The number of anilines is 1. The number of carbonyl (C=O) groups excluding carboxylic acids is 1. The molecule has 1 saturated heterocycles. The minimum Gasteiger partial charge on any atom is -0.497 e. The van der Waals surface area contributed by atoms with E-state index < -0.39 is 0 Å². The highest BCUT2D eigenvalue weighted by atomic mass is 16.5. The van der Waals surface area contributed by atoms with Crippen LogP contribution in [0.3, 0.4) is 0 Å². The Kier molecular flexibility index (Phi) is 7.10. The number of carbonyl (C=O) groups is 1. The summed E-state index contributed by atoms with van der Waals surface area (Å²) in [5.74, 6) is 0.385. The molecule has 3 heterocycles. The summed E-state index contributed by atoms with van der Waals surface area (Å²) in [5.41, 5.74) is 3.14. The first-order valence-corrected chi connectivity index (χ1v) is 12.7. The lowest BCUT2D eigenvalue weighted by Crippen LogP contribution is -2.44. The smallest absolute Gasteiger partial charge is 0.251 e. The van der Waals surface area contributed by atoms with E-state index in [1.165, 1.54) is 11.8 Å². The van der Waals surface area contributed by atoms with Crippen molar-refractivity contribution in [1.82, 2.24) is 19.8 Å². The van der Waals surface area contributed by atoms with E-state index >= 15 is 0 Å². The molecule has 37 heavy (non-hydrogen) atoms. The molecule has 0 bridgehead atoms. The maximum atomic E-state index is 13.1. The molecule has 5 rings (SSSR count). The summed E-state index contributed by atoms with van der Waals surface area (Å²) < 4.78 is 7.15. The Hall–Kier alpha value is -3.91. The van der Waals surface area contributed by atoms with Crippen LogP contribution in [0.25, 0.3) is 21.8 Å². The van der Waals surface area contributed by atoms with Crippen LogP contribution in [0, 0.1) is 0 Å². The zero-order valence-electron chi connectivity index (χ0n) is 21.6. The Morgan fingerprint density at radius 1 is 1.11 bits per heavy atom. The molecular formula is C29H33N5O3. The second-order valence-corrected chi connectivity index (χ2v) is 9.57. The number of nitrogens with one attached hydrogen (secondary N) is 1. The minimum atomic E-state index is -0.270. The largest absolute Gasteiger partial charge is 0.497 e. The Morgan fingerprint density at radius 2 is 1.92 bits per heavy atom. The van der Waals surface area contributed by atoms with Crippen molar-refractivity contribution in [2.24, 2.45) is 0 Å². The van der Waals surface area contributed by atoms with E-state index in [0.717, 1.165) is 48.8 Å². The van der Waals surface area contributed by atoms with Gasteiger partial charge in [0.15, 0.2) is 0 Å². The molecule has 1 N–H and O–H groups in total. The van der Waals surface area contributed by atoms with E-state index in [9.17, 15) is 9.59 Å². The van der Waals surface area contributed by atoms with Crippen molar-refractivity contribution >= 4 is 33.4 Å². The van der Waals surface area contributed by atoms with E-state index in [4.69, 9.17) is 4.74 Å². The molecule has 1 aliphatic rings. The molecule has 0 atom stereocenters. The number of benzene rings is 2. The van der Waals surface area contributed by atoms with Crippen LogP contribution in [0.1, 0.15) is 23.2 Å². The van der Waals surface area contributed by atoms with Crippen LogP contribution in [-0.2, 0) is 6.54 Å². The van der Waals surface area contributed by atoms with Crippen LogP contribution in [-0.4, -0.2) is 67.2 Å². The van der Waals surface area contributed by atoms with Gasteiger partial charge in [0, 0.05) is 81.1 Å². The third-order valence-electron chi connectivity index (χ3n) is 7.53. The van der Waals surface area contributed by atoms with Crippen LogP contribution in [0.15, 0.2) is 65.6 Å². The molecule has 1 amide bonds. The third kappa shape index (κ3) is 5.02. The van der Waals surface area contributed by atoms with E-state index in [1.807, 2.05) is 30.5 Å². The number of hydrogen-bond donors (Lipinski definition) is 1. The monoisotopic (exact) mass is 499 g/mol. The highest BCUT2D eigenvalue weighted by Crippen LogP contribution is 2.26. The number of likely N-dealkylation sites (tertiary alicyclic amines) is 1. The average molecular weight is 500 g/mol. The number of nitrogens with zero attached hydrogens (tertiary/aromatic N) is 4. The van der Waals surface area contributed by atoms with Crippen LogP contribution in [0.2, 0.25) is 0 Å². The zero-order chi connectivity index (χ0) is 25.9. The van der Waals surface area contributed by atoms with Crippen LogP contribution >= 0.6 is 0 Å². The number of piperidine rings is 1. The van der Waals surface area contributed by atoms with Crippen LogP contribution in [0.5, 0.6) is 5.75 Å². The SMILES string of the molecule is CNC(=O)c1cc(=O)n(CCN2CCC(N(C)c3ccc4ncccc4c3)CC2)c2cc(OC)ccc12. The van der Waals surface area contributed by atoms with E-state index in [-0.39, 0.29) is 11.5 Å². The van der Waals surface area contributed by atoms with E-state index in [2.05, 4.69) is 51.4 Å². The fraction of sp³-hybridized carbons (Fsp3) is 0.345. The molecule has 0 unspecified atom stereocenters. The first-order valence-electron chi connectivity index (χ1n) is 12.7. The van der Waals surface area contributed by atoms with Gasteiger partial charge in [-0.1, -0.05) is 6.07 Å². The molecule has 2 aromatic heterocycles. The van der Waals surface area contributed by atoms with Gasteiger partial charge < -0.3 is 24.4 Å². The van der Waals surface area contributed by atoms with Gasteiger partial charge in [-0.2, -0.15) is 0 Å². The molecule has 8 nitrogen and oxygen atoms in total. The molecule has 4 aromatic rings. The zero-order valence-corrected chi connectivity index (χ0v) is 21.6. The van der Waals surface area contributed by atoms with Crippen molar-refractivity contribution in [3.8, 4) is 5.75 Å². The van der Waals surface area contributed by atoms with Crippen molar-refractivity contribution in [3.05, 3.63) is 76.7 Å². The summed E-state index contributed by atoms with van der Waals surface area (Å²) in [6, 6.07) is 17.9. The highest BCUT2D eigenvalue weighted by molar-refractivity contribution is 6.06. The normalized spacial score (nSPS) is 14.7. The number of aromatic nitrogens is 2. The molecular weight excluding hydrogens is 466 g/mol. The summed E-state index contributed by atoms with van der Waals surface area (Å²) in [7, 11) is 5.34. The molecule has 0 spiro atoms. The summed E-state index contributed by atoms with van der Waals surface area (Å²) in [4.78, 5) is 34.7. The number of hydrogen-bond acceptors (Lipinski definition) is 6. The number of methoxy groups -OCH3 is 1. The maximum absolute atomic E-state index is 13.1. The lowest BCUT2D eigenvalue weighted by molar-refractivity contribution is 0.0964. The Morgan fingerprint density at radius 3 is 2.68 bits per heavy atom. The number of fused-ring (bicyclic) bond motifs is 2. The topological polar surface area (TPSA) is 79.7 Å². The van der Waals surface area contributed by atoms with E-state index in [0.29, 0.717) is 29.4 Å². The predicted octanol–water partition coefficient (Wildman–Crippen LogP) is 3.52. The minimum absolute atomic E-state index is 0.181. The molecule has 8 heteroatoms. The fourth-order valence-corrected chi connectivity index (χ4v) is 5.31. The van der Waals surface area contributed by atoms with Gasteiger partial charge in [-0.05, 0) is 49.2 Å². The lowest BCUT2D eigenvalue weighted by Gasteiger charge is -2.38. The predicted molar refractivity (Wildman–Crippen MR) is 148 cm³/mol. The Labute approximate surface area is 216 Å². The second-order valence-electron chi connectivity index (χ2n) is 9.57. The maximum Gasteiger partial charge on any atom is 0.251 e. The Balaban J connectivity index is 1.28. The fourth-order valence-electron chi connectivity index (χ4n) is 5.31. The summed E-state index contributed by atoms with van der Waals surface area (Å²) in [6.07, 6.45) is 3.94. The summed E-state index contributed by atoms with van der Waals surface area (Å²) in [6.45, 7) is 3.26. The van der Waals surface area contributed by atoms with Gasteiger partial charge in [0.05, 0.1) is 23.7 Å². The molecule has 0 saturated carbocycles. The van der Waals surface area contributed by atoms with Gasteiger partial charge in [0.1, 0.15) is 5.75 Å². The van der Waals surface area contributed by atoms with Crippen molar-refractivity contribution in [3.63, 3.8) is 0 Å². The molecule has 0 aliphatic carbocycles. The molecule has 2 aromatic carbocycles. The van der Waals surface area contributed by atoms with Gasteiger partial charge in [-0.3, -0.25) is 14.6 Å². The summed E-state index contributed by atoms with van der Waals surface area (Å²) in [5, 5.41) is 4.53. The first-order chi connectivity index (χ1) is 18.0. The number of ether oxygens (including phenoxy) is 1. The molecule has 1 fully saturated rings. The van der Waals surface area contributed by atoms with Gasteiger partial charge >= 0.3 is 0 Å². The Bertz CT molecular complexity index is 1490. The van der Waals surface area contributed by atoms with Crippen molar-refractivity contribution < 1.29 is 9.53 Å². The summed E-state index contributed by atoms with van der Waals surface area (Å²) >= 11 is 0. The highest BCUT2D eigenvalue weighted by Gasteiger charge is 2.23. The quantitative estimate of drug-likeness (QED) is 0.419. The van der Waals surface area contributed by atoms with E-state index in [1.54, 1.807) is 18.7 Å². The van der Waals surface area contributed by atoms with Gasteiger partial charge in [0.2, 0.25) is 0 Å². The van der Waals surface area contributed by atoms with Crippen molar-refractivity contribution in [2.75, 3.05) is 45.7 Å². The third-order valence-corrected chi connectivity index (χ3v) is 7.53. The van der Waals surface area contributed by atoms with Crippen LogP contribution < -0.4 is 20.5 Å². The molecule has 0 radical (unpaired) electrons. The van der Waals surface area contributed by atoms with Gasteiger partial charge in [-0.15, -0.1) is 0 Å². The van der Waals surface area contributed by atoms with Crippen molar-refractivity contribution in [1.29, 1.82) is 0 Å². The first kappa shape index (κ1) is 24.8. The lowest BCUT2D eigenvalue weighted by atomic mass is 10.0. The number of rotatable bonds is 7. The number of amides is 1. The van der Waals surface area contributed by atoms with Gasteiger partial charge in [0.25, 0.3) is 11.5 Å².